The lowest BCUT2D eigenvalue weighted by atomic mass is 9.97. The van der Waals surface area contributed by atoms with Gasteiger partial charge in [0.15, 0.2) is 6.10 Å². The van der Waals surface area contributed by atoms with Gasteiger partial charge in [-0.1, -0.05) is 18.2 Å². The molecular formula is C13H16O5. The molecule has 0 saturated heterocycles. The van der Waals surface area contributed by atoms with Gasteiger partial charge in [0, 0.05) is 5.56 Å². The first-order valence-corrected chi connectivity index (χ1v) is 5.45. The number of hydrogen-bond acceptors (Lipinski definition) is 4. The number of aliphatic hydroxyl groups is 1. The Labute approximate surface area is 105 Å². The number of para-hydroxylation sites is 1. The van der Waals surface area contributed by atoms with Crippen LogP contribution in [0.25, 0.3) is 0 Å². The van der Waals surface area contributed by atoms with Crippen molar-refractivity contribution in [3.8, 4) is 5.75 Å². The molecule has 0 bridgehead atoms. The van der Waals surface area contributed by atoms with Gasteiger partial charge in [-0.25, -0.2) is 4.79 Å². The Hall–Kier alpha value is -1.88. The van der Waals surface area contributed by atoms with Crippen molar-refractivity contribution in [3.63, 3.8) is 0 Å². The first kappa shape index (κ1) is 14.2. The highest BCUT2D eigenvalue weighted by Gasteiger charge is 2.27. The zero-order valence-corrected chi connectivity index (χ0v) is 10.5. The van der Waals surface area contributed by atoms with E-state index < -0.39 is 23.5 Å². The van der Waals surface area contributed by atoms with Crippen molar-refractivity contribution in [2.75, 3.05) is 0 Å². The van der Waals surface area contributed by atoms with Crippen LogP contribution in [0.4, 0.5) is 0 Å². The van der Waals surface area contributed by atoms with Gasteiger partial charge in [-0.05, 0) is 26.8 Å². The summed E-state index contributed by atoms with van der Waals surface area (Å²) in [6.07, 6.45) is -1.71. The lowest BCUT2D eigenvalue weighted by molar-refractivity contribution is -0.148. The van der Waals surface area contributed by atoms with Crippen LogP contribution in [0.2, 0.25) is 0 Å². The van der Waals surface area contributed by atoms with E-state index in [1.165, 1.54) is 12.1 Å². The summed E-state index contributed by atoms with van der Waals surface area (Å²) in [5.74, 6) is -1.82. The molecule has 0 heterocycles. The number of carboxylic acids is 1. The number of rotatable bonds is 3. The van der Waals surface area contributed by atoms with Crippen molar-refractivity contribution < 1.29 is 24.5 Å². The average Bonchev–Trinajstić information content (AvgIpc) is 2.27. The van der Waals surface area contributed by atoms with E-state index in [1.54, 1.807) is 32.9 Å². The molecule has 1 atom stereocenters. The molecule has 0 aromatic heterocycles. The third kappa shape index (κ3) is 3.30. The summed E-state index contributed by atoms with van der Waals surface area (Å²) in [6.45, 7) is 5.06. The molecule has 0 aliphatic rings. The van der Waals surface area contributed by atoms with Crippen LogP contribution in [-0.4, -0.2) is 22.2 Å². The first-order valence-electron chi connectivity index (χ1n) is 5.45. The van der Waals surface area contributed by atoms with E-state index in [9.17, 15) is 14.7 Å². The third-order valence-electron chi connectivity index (χ3n) is 2.26. The predicted octanol–water partition coefficient (Wildman–Crippen LogP) is 1.76. The maximum atomic E-state index is 11.7. The second-order valence-electron chi connectivity index (χ2n) is 4.92. The van der Waals surface area contributed by atoms with Gasteiger partial charge in [-0.15, -0.1) is 0 Å². The number of esters is 1. The van der Waals surface area contributed by atoms with Crippen LogP contribution < -0.4 is 4.74 Å². The molecule has 0 aliphatic heterocycles. The summed E-state index contributed by atoms with van der Waals surface area (Å²) in [5, 5.41) is 18.3. The monoisotopic (exact) mass is 252 g/mol. The second kappa shape index (κ2) is 5.18. The molecule has 1 aromatic carbocycles. The van der Waals surface area contributed by atoms with Gasteiger partial charge in [0.1, 0.15) is 5.75 Å². The maximum absolute atomic E-state index is 11.7. The molecule has 0 aliphatic carbocycles. The normalized spacial score (nSPS) is 12.9. The molecule has 1 unspecified atom stereocenters. The van der Waals surface area contributed by atoms with E-state index in [0.717, 1.165) is 0 Å². The quantitative estimate of drug-likeness (QED) is 0.632. The summed E-state index contributed by atoms with van der Waals surface area (Å²) >= 11 is 0. The van der Waals surface area contributed by atoms with Crippen molar-refractivity contribution in [2.24, 2.45) is 5.41 Å². The van der Waals surface area contributed by atoms with Crippen LogP contribution in [0.5, 0.6) is 5.75 Å². The maximum Gasteiger partial charge on any atom is 0.337 e. The minimum Gasteiger partial charge on any atom is -0.479 e. The highest BCUT2D eigenvalue weighted by atomic mass is 16.5. The fourth-order valence-corrected chi connectivity index (χ4v) is 1.19. The summed E-state index contributed by atoms with van der Waals surface area (Å²) in [4.78, 5) is 22.5. The zero-order chi connectivity index (χ0) is 13.9. The Morgan fingerprint density at radius 2 is 1.78 bits per heavy atom. The first-order chi connectivity index (χ1) is 8.23. The highest BCUT2D eigenvalue weighted by molar-refractivity contribution is 5.80. The van der Waals surface area contributed by atoms with Crippen molar-refractivity contribution in [1.82, 2.24) is 0 Å². The van der Waals surface area contributed by atoms with Crippen LogP contribution in [0.3, 0.4) is 0 Å². The molecule has 1 aromatic rings. The molecular weight excluding hydrogens is 236 g/mol. The fraction of sp³-hybridized carbons (Fsp3) is 0.385. The molecule has 2 N–H and O–H groups in total. The largest absolute Gasteiger partial charge is 0.479 e. The van der Waals surface area contributed by atoms with Gasteiger partial charge in [0.05, 0.1) is 5.41 Å². The third-order valence-corrected chi connectivity index (χ3v) is 2.26. The minimum atomic E-state index is -1.71. The van der Waals surface area contributed by atoms with Crippen LogP contribution in [-0.2, 0) is 9.59 Å². The van der Waals surface area contributed by atoms with E-state index >= 15 is 0 Å². The highest BCUT2D eigenvalue weighted by Crippen LogP contribution is 2.27. The van der Waals surface area contributed by atoms with E-state index in [-0.39, 0.29) is 11.3 Å². The lowest BCUT2D eigenvalue weighted by Crippen LogP contribution is -2.26. The van der Waals surface area contributed by atoms with E-state index in [0.29, 0.717) is 0 Å². The van der Waals surface area contributed by atoms with Crippen LogP contribution in [0.1, 0.15) is 32.4 Å². The number of aliphatic carboxylic acids is 1. The Morgan fingerprint density at radius 3 is 2.28 bits per heavy atom. The molecule has 5 heteroatoms. The summed E-state index contributed by atoms with van der Waals surface area (Å²) in [7, 11) is 0. The van der Waals surface area contributed by atoms with Gasteiger partial charge in [0.25, 0.3) is 0 Å². The van der Waals surface area contributed by atoms with Crippen molar-refractivity contribution >= 4 is 11.9 Å². The molecule has 0 amide bonds. The standard InChI is InChI=1S/C13H16O5/c1-13(2,3)12(17)18-9-7-5-4-6-8(9)10(14)11(15)16/h4-7,10,14H,1-3H3,(H,15,16). The molecule has 0 spiro atoms. The molecule has 18 heavy (non-hydrogen) atoms. The minimum absolute atomic E-state index is 0.0580. The summed E-state index contributed by atoms with van der Waals surface area (Å²) < 4.78 is 5.12. The Balaban J connectivity index is 3.04. The number of carbonyl (C=O) groups excluding carboxylic acids is 1. The lowest BCUT2D eigenvalue weighted by Gasteiger charge is -2.18. The molecule has 0 fully saturated rings. The number of aliphatic hydroxyl groups excluding tert-OH is 1. The predicted molar refractivity (Wildman–Crippen MR) is 64.1 cm³/mol. The molecule has 0 radical (unpaired) electrons. The van der Waals surface area contributed by atoms with Gasteiger partial charge in [-0.3, -0.25) is 4.79 Å². The zero-order valence-electron chi connectivity index (χ0n) is 10.5. The molecule has 1 rings (SSSR count). The van der Waals surface area contributed by atoms with Gasteiger partial charge >= 0.3 is 11.9 Å². The molecule has 0 saturated carbocycles. The average molecular weight is 252 g/mol. The van der Waals surface area contributed by atoms with Crippen molar-refractivity contribution in [3.05, 3.63) is 29.8 Å². The second-order valence-corrected chi connectivity index (χ2v) is 4.92. The van der Waals surface area contributed by atoms with Crippen molar-refractivity contribution in [1.29, 1.82) is 0 Å². The molecule has 98 valence electrons. The van der Waals surface area contributed by atoms with Crippen LogP contribution in [0, 0.1) is 5.41 Å². The smallest absolute Gasteiger partial charge is 0.337 e. The Morgan fingerprint density at radius 1 is 1.22 bits per heavy atom. The van der Waals surface area contributed by atoms with Crippen molar-refractivity contribution in [2.45, 2.75) is 26.9 Å². The van der Waals surface area contributed by atoms with E-state index in [4.69, 9.17) is 9.84 Å². The van der Waals surface area contributed by atoms with Crippen LogP contribution in [0.15, 0.2) is 24.3 Å². The number of benzene rings is 1. The van der Waals surface area contributed by atoms with Gasteiger partial charge < -0.3 is 14.9 Å². The number of carbonyl (C=O) groups is 2. The number of hydrogen-bond donors (Lipinski definition) is 2. The number of carboxylic acid groups (broad SMARTS) is 1. The van der Waals surface area contributed by atoms with Gasteiger partial charge in [-0.2, -0.15) is 0 Å². The fourth-order valence-electron chi connectivity index (χ4n) is 1.19. The van der Waals surface area contributed by atoms with E-state index in [1.807, 2.05) is 0 Å². The number of ether oxygens (including phenoxy) is 1. The summed E-state index contributed by atoms with van der Waals surface area (Å²) in [6, 6.07) is 6.02. The topological polar surface area (TPSA) is 83.8 Å². The van der Waals surface area contributed by atoms with E-state index in [2.05, 4.69) is 0 Å². The Kier molecular flexibility index (Phi) is 4.08. The Bertz CT molecular complexity index is 459. The van der Waals surface area contributed by atoms with Crippen LogP contribution >= 0.6 is 0 Å². The molecule has 5 nitrogen and oxygen atoms in total. The summed E-state index contributed by atoms with van der Waals surface area (Å²) in [5.41, 5.74) is -0.649. The van der Waals surface area contributed by atoms with Gasteiger partial charge in [0.2, 0.25) is 0 Å². The SMILES string of the molecule is CC(C)(C)C(=O)Oc1ccccc1C(O)C(=O)O.